The molecule has 0 unspecified atom stereocenters. The maximum Gasteiger partial charge on any atom is 0.276 e. The van der Waals surface area contributed by atoms with Gasteiger partial charge in [0.1, 0.15) is 0 Å². The molecule has 0 atom stereocenters. The molecule has 0 bridgehead atoms. The van der Waals surface area contributed by atoms with Gasteiger partial charge in [0.15, 0.2) is 5.69 Å². The summed E-state index contributed by atoms with van der Waals surface area (Å²) in [5.74, 6) is -0.299. The summed E-state index contributed by atoms with van der Waals surface area (Å²) in [5, 5.41) is 18.4. The quantitative estimate of drug-likeness (QED) is 0.878. The number of anilines is 1. The molecule has 20 heavy (non-hydrogen) atoms. The fourth-order valence-electron chi connectivity index (χ4n) is 1.68. The zero-order valence-corrected chi connectivity index (χ0v) is 11.7. The zero-order chi connectivity index (χ0) is 14.8. The van der Waals surface area contributed by atoms with Gasteiger partial charge in [0.25, 0.3) is 5.91 Å². The van der Waals surface area contributed by atoms with E-state index in [0.29, 0.717) is 16.9 Å². The first-order chi connectivity index (χ1) is 9.40. The van der Waals surface area contributed by atoms with Crippen LogP contribution in [0.2, 0.25) is 0 Å². The van der Waals surface area contributed by atoms with Crippen molar-refractivity contribution in [1.29, 1.82) is 5.26 Å². The summed E-state index contributed by atoms with van der Waals surface area (Å²) in [5.41, 5.74) is 2.21. The van der Waals surface area contributed by atoms with Crippen molar-refractivity contribution in [2.75, 3.05) is 5.32 Å². The zero-order valence-electron chi connectivity index (χ0n) is 11.7. The summed E-state index contributed by atoms with van der Waals surface area (Å²) in [6.45, 7) is 6.12. The number of rotatable bonds is 2. The normalized spacial score (nSPS) is 10.9. The second-order valence-corrected chi connectivity index (χ2v) is 5.56. The lowest BCUT2D eigenvalue weighted by molar-refractivity contribution is 0.102. The van der Waals surface area contributed by atoms with Gasteiger partial charge in [-0.05, 0) is 24.3 Å². The maximum absolute atomic E-state index is 12.1. The SMILES string of the molecule is CC(C)(C)c1cc(C(=O)Nc2cccc(C#N)c2)n[nH]1. The average molecular weight is 268 g/mol. The van der Waals surface area contributed by atoms with Crippen LogP contribution in [0.4, 0.5) is 5.69 Å². The number of aromatic amines is 1. The van der Waals surface area contributed by atoms with Gasteiger partial charge in [-0.3, -0.25) is 9.89 Å². The van der Waals surface area contributed by atoms with Crippen molar-refractivity contribution in [2.45, 2.75) is 26.2 Å². The topological polar surface area (TPSA) is 81.6 Å². The third-order valence-electron chi connectivity index (χ3n) is 2.87. The summed E-state index contributed by atoms with van der Waals surface area (Å²) in [7, 11) is 0. The van der Waals surface area contributed by atoms with E-state index in [2.05, 4.69) is 15.5 Å². The van der Waals surface area contributed by atoms with Gasteiger partial charge in [-0.15, -0.1) is 0 Å². The van der Waals surface area contributed by atoms with Crippen LogP contribution < -0.4 is 5.32 Å². The maximum atomic E-state index is 12.1. The Bertz CT molecular complexity index is 674. The van der Waals surface area contributed by atoms with E-state index in [0.717, 1.165) is 5.69 Å². The number of aromatic nitrogens is 2. The Balaban J connectivity index is 2.16. The van der Waals surface area contributed by atoms with E-state index in [4.69, 9.17) is 5.26 Å². The molecule has 0 fully saturated rings. The molecule has 0 aliphatic carbocycles. The molecule has 0 aliphatic rings. The highest BCUT2D eigenvalue weighted by Gasteiger charge is 2.19. The first-order valence-corrected chi connectivity index (χ1v) is 6.27. The molecular formula is C15H16N4O. The van der Waals surface area contributed by atoms with E-state index in [1.54, 1.807) is 30.3 Å². The minimum atomic E-state index is -0.299. The van der Waals surface area contributed by atoms with Crippen molar-refractivity contribution in [3.8, 4) is 6.07 Å². The van der Waals surface area contributed by atoms with Crippen LogP contribution in [0.15, 0.2) is 30.3 Å². The lowest BCUT2D eigenvalue weighted by Crippen LogP contribution is -2.13. The number of carbonyl (C=O) groups excluding carboxylic acids is 1. The Morgan fingerprint density at radius 1 is 1.35 bits per heavy atom. The Kier molecular flexibility index (Phi) is 3.57. The molecule has 5 heteroatoms. The second-order valence-electron chi connectivity index (χ2n) is 5.56. The molecule has 0 aliphatic heterocycles. The van der Waals surface area contributed by atoms with E-state index < -0.39 is 0 Å². The molecule has 2 aromatic rings. The molecule has 5 nitrogen and oxygen atoms in total. The number of nitrogens with one attached hydrogen (secondary N) is 2. The Morgan fingerprint density at radius 3 is 2.70 bits per heavy atom. The molecule has 1 heterocycles. The number of benzene rings is 1. The van der Waals surface area contributed by atoms with Crippen LogP contribution >= 0.6 is 0 Å². The third-order valence-corrected chi connectivity index (χ3v) is 2.87. The van der Waals surface area contributed by atoms with E-state index >= 15 is 0 Å². The number of amides is 1. The summed E-state index contributed by atoms with van der Waals surface area (Å²) < 4.78 is 0. The van der Waals surface area contributed by atoms with Crippen molar-refractivity contribution in [3.05, 3.63) is 47.3 Å². The molecular weight excluding hydrogens is 252 g/mol. The van der Waals surface area contributed by atoms with Crippen molar-refractivity contribution >= 4 is 11.6 Å². The van der Waals surface area contributed by atoms with E-state index in [1.807, 2.05) is 26.8 Å². The summed E-state index contributed by atoms with van der Waals surface area (Å²) in [6, 6.07) is 10.5. The van der Waals surface area contributed by atoms with Gasteiger partial charge in [-0.25, -0.2) is 0 Å². The largest absolute Gasteiger partial charge is 0.321 e. The fourth-order valence-corrected chi connectivity index (χ4v) is 1.68. The van der Waals surface area contributed by atoms with E-state index in [9.17, 15) is 4.79 Å². The summed E-state index contributed by atoms with van der Waals surface area (Å²) in [6.07, 6.45) is 0. The molecule has 2 N–H and O–H groups in total. The minimum absolute atomic E-state index is 0.0910. The molecule has 0 saturated heterocycles. The lowest BCUT2D eigenvalue weighted by Gasteiger charge is -2.14. The van der Waals surface area contributed by atoms with Gasteiger partial charge < -0.3 is 5.32 Å². The predicted molar refractivity (Wildman–Crippen MR) is 76.4 cm³/mol. The second kappa shape index (κ2) is 5.17. The molecule has 1 aromatic heterocycles. The summed E-state index contributed by atoms with van der Waals surface area (Å²) in [4.78, 5) is 12.1. The fraction of sp³-hybridized carbons (Fsp3) is 0.267. The molecule has 0 radical (unpaired) electrons. The Labute approximate surface area is 117 Å². The lowest BCUT2D eigenvalue weighted by atomic mass is 9.92. The number of hydrogen-bond acceptors (Lipinski definition) is 3. The monoisotopic (exact) mass is 268 g/mol. The predicted octanol–water partition coefficient (Wildman–Crippen LogP) is 2.83. The highest BCUT2D eigenvalue weighted by atomic mass is 16.1. The number of nitriles is 1. The van der Waals surface area contributed by atoms with Gasteiger partial charge in [0.2, 0.25) is 0 Å². The smallest absolute Gasteiger partial charge is 0.276 e. The molecule has 1 amide bonds. The highest BCUT2D eigenvalue weighted by molar-refractivity contribution is 6.03. The minimum Gasteiger partial charge on any atom is -0.321 e. The van der Waals surface area contributed by atoms with E-state index in [-0.39, 0.29) is 11.3 Å². The summed E-state index contributed by atoms with van der Waals surface area (Å²) >= 11 is 0. The van der Waals surface area contributed by atoms with Crippen LogP contribution in [-0.2, 0) is 5.41 Å². The van der Waals surface area contributed by atoms with Crippen LogP contribution in [0.3, 0.4) is 0 Å². The average Bonchev–Trinajstić information content (AvgIpc) is 2.88. The van der Waals surface area contributed by atoms with Crippen LogP contribution in [0.1, 0.15) is 42.5 Å². The van der Waals surface area contributed by atoms with E-state index in [1.165, 1.54) is 0 Å². The van der Waals surface area contributed by atoms with Crippen LogP contribution in [0.25, 0.3) is 0 Å². The van der Waals surface area contributed by atoms with Crippen molar-refractivity contribution in [3.63, 3.8) is 0 Å². The van der Waals surface area contributed by atoms with Gasteiger partial charge in [0.05, 0.1) is 11.6 Å². The van der Waals surface area contributed by atoms with Gasteiger partial charge in [-0.2, -0.15) is 10.4 Å². The molecule has 102 valence electrons. The molecule has 0 spiro atoms. The third kappa shape index (κ3) is 3.04. The van der Waals surface area contributed by atoms with Gasteiger partial charge in [0, 0.05) is 16.8 Å². The number of carbonyl (C=O) groups is 1. The Hall–Kier alpha value is -2.61. The van der Waals surface area contributed by atoms with Crippen LogP contribution in [-0.4, -0.2) is 16.1 Å². The first-order valence-electron chi connectivity index (χ1n) is 6.27. The van der Waals surface area contributed by atoms with Crippen LogP contribution in [0, 0.1) is 11.3 Å². The molecule has 0 saturated carbocycles. The Morgan fingerprint density at radius 2 is 2.10 bits per heavy atom. The van der Waals surface area contributed by atoms with Crippen molar-refractivity contribution in [2.24, 2.45) is 0 Å². The first kappa shape index (κ1) is 13.8. The number of nitrogens with zero attached hydrogens (tertiary/aromatic N) is 2. The van der Waals surface area contributed by atoms with Crippen LogP contribution in [0.5, 0.6) is 0 Å². The van der Waals surface area contributed by atoms with Crippen molar-refractivity contribution < 1.29 is 4.79 Å². The number of H-pyrrole nitrogens is 1. The van der Waals surface area contributed by atoms with Crippen molar-refractivity contribution in [1.82, 2.24) is 10.2 Å². The highest BCUT2D eigenvalue weighted by Crippen LogP contribution is 2.20. The van der Waals surface area contributed by atoms with Gasteiger partial charge >= 0.3 is 0 Å². The molecule has 1 aromatic carbocycles. The standard InChI is InChI=1S/C15H16N4O/c1-15(2,3)13-8-12(18-19-13)14(20)17-11-6-4-5-10(7-11)9-16/h4-8H,1-3H3,(H,17,20)(H,18,19). The number of hydrogen-bond donors (Lipinski definition) is 2. The van der Waals surface area contributed by atoms with Gasteiger partial charge in [-0.1, -0.05) is 26.8 Å². The molecule has 2 rings (SSSR count).